The molecule has 0 atom stereocenters. The van der Waals surface area contributed by atoms with Gasteiger partial charge in [0, 0.05) is 6.92 Å². The number of fused-ring (bicyclic) bond motifs is 1. The van der Waals surface area contributed by atoms with Gasteiger partial charge in [0.15, 0.2) is 0 Å². The van der Waals surface area contributed by atoms with Crippen molar-refractivity contribution < 1.29 is 18.0 Å². The minimum Gasteiger partial charge on any atom is -0.326 e. The van der Waals surface area contributed by atoms with Gasteiger partial charge in [0.25, 0.3) is 0 Å². The lowest BCUT2D eigenvalue weighted by atomic mass is 9.96. The predicted octanol–water partition coefficient (Wildman–Crippen LogP) is 3.93. The van der Waals surface area contributed by atoms with Crippen molar-refractivity contribution in [3.8, 4) is 0 Å². The van der Waals surface area contributed by atoms with E-state index in [0.717, 1.165) is 37.3 Å². The van der Waals surface area contributed by atoms with Gasteiger partial charge in [-0.15, -0.1) is 0 Å². The lowest BCUT2D eigenvalue weighted by Crippen LogP contribution is -2.16. The number of benzene rings is 1. The molecule has 1 aliphatic carbocycles. The van der Waals surface area contributed by atoms with Crippen LogP contribution in [0.1, 0.15) is 42.9 Å². The van der Waals surface area contributed by atoms with E-state index in [-0.39, 0.29) is 5.69 Å². The van der Waals surface area contributed by atoms with Crippen LogP contribution in [0.2, 0.25) is 0 Å². The fourth-order valence-corrected chi connectivity index (χ4v) is 2.56. The molecule has 0 saturated heterocycles. The summed E-state index contributed by atoms with van der Waals surface area (Å²) in [7, 11) is 0. The van der Waals surface area contributed by atoms with Crippen LogP contribution in [0.4, 0.5) is 18.9 Å². The smallest absolute Gasteiger partial charge is 0.326 e. The van der Waals surface area contributed by atoms with Crippen molar-refractivity contribution in [2.75, 3.05) is 5.32 Å². The normalized spacial score (nSPS) is 15.6. The number of hydrogen-bond acceptors (Lipinski definition) is 1. The lowest BCUT2D eigenvalue weighted by Gasteiger charge is -2.19. The van der Waals surface area contributed by atoms with Gasteiger partial charge in [-0.25, -0.2) is 0 Å². The first-order chi connectivity index (χ1) is 8.89. The van der Waals surface area contributed by atoms with Crippen LogP contribution in [0.5, 0.6) is 0 Å². The highest BCUT2D eigenvalue weighted by molar-refractivity contribution is 5.91. The van der Waals surface area contributed by atoms with E-state index in [1.54, 1.807) is 6.07 Å². The number of halogens is 3. The summed E-state index contributed by atoms with van der Waals surface area (Å²) < 4.78 is 39.1. The molecule has 0 heterocycles. The zero-order valence-corrected chi connectivity index (χ0v) is 10.7. The Bertz CT molecular complexity index is 494. The molecule has 0 aromatic heterocycles. The predicted molar refractivity (Wildman–Crippen MR) is 67.0 cm³/mol. The number of alkyl halides is 3. The van der Waals surface area contributed by atoms with E-state index in [1.807, 2.05) is 0 Å². The molecule has 0 fully saturated rings. The third kappa shape index (κ3) is 3.08. The van der Waals surface area contributed by atoms with E-state index in [1.165, 1.54) is 6.92 Å². The molecule has 19 heavy (non-hydrogen) atoms. The van der Waals surface area contributed by atoms with E-state index in [4.69, 9.17) is 0 Å². The molecule has 1 aliphatic rings. The standard InChI is InChI=1S/C14H16F3NO/c1-9(19)18-13-11-6-4-2-3-5-10(11)7-8-12(13)14(15,16)17/h7-8H,2-6H2,1H3,(H,18,19). The first-order valence-electron chi connectivity index (χ1n) is 6.39. The minimum absolute atomic E-state index is 0.0422. The Balaban J connectivity index is 2.57. The number of anilines is 1. The molecule has 0 unspecified atom stereocenters. The van der Waals surface area contributed by atoms with E-state index in [2.05, 4.69) is 5.32 Å². The van der Waals surface area contributed by atoms with E-state index in [9.17, 15) is 18.0 Å². The van der Waals surface area contributed by atoms with Gasteiger partial charge in [-0.2, -0.15) is 13.2 Å². The Kier molecular flexibility index (Phi) is 3.83. The third-order valence-corrected chi connectivity index (χ3v) is 3.39. The van der Waals surface area contributed by atoms with Gasteiger partial charge in [-0.1, -0.05) is 12.5 Å². The summed E-state index contributed by atoms with van der Waals surface area (Å²) in [6.07, 6.45) is -0.220. The van der Waals surface area contributed by atoms with Crippen LogP contribution in [0, 0.1) is 0 Å². The SMILES string of the molecule is CC(=O)Nc1c(C(F)(F)F)ccc2c1CCCCC2. The van der Waals surface area contributed by atoms with Crippen molar-refractivity contribution in [2.24, 2.45) is 0 Å². The van der Waals surface area contributed by atoms with Crippen molar-refractivity contribution >= 4 is 11.6 Å². The Hall–Kier alpha value is -1.52. The van der Waals surface area contributed by atoms with Crippen LogP contribution in [0.15, 0.2) is 12.1 Å². The number of amides is 1. The fraction of sp³-hybridized carbons (Fsp3) is 0.500. The Morgan fingerprint density at radius 2 is 1.84 bits per heavy atom. The molecule has 1 N–H and O–H groups in total. The van der Waals surface area contributed by atoms with Crippen molar-refractivity contribution in [3.05, 3.63) is 28.8 Å². The maximum atomic E-state index is 13.0. The van der Waals surface area contributed by atoms with Gasteiger partial charge >= 0.3 is 6.18 Å². The second-order valence-electron chi connectivity index (χ2n) is 4.87. The molecule has 2 nitrogen and oxygen atoms in total. The van der Waals surface area contributed by atoms with E-state index < -0.39 is 17.6 Å². The summed E-state index contributed by atoms with van der Waals surface area (Å²) in [5.74, 6) is -0.469. The van der Waals surface area contributed by atoms with Gasteiger partial charge < -0.3 is 5.32 Å². The molecule has 0 saturated carbocycles. The minimum atomic E-state index is -4.45. The van der Waals surface area contributed by atoms with Crippen LogP contribution < -0.4 is 5.32 Å². The van der Waals surface area contributed by atoms with Crippen molar-refractivity contribution in [3.63, 3.8) is 0 Å². The molecule has 5 heteroatoms. The van der Waals surface area contributed by atoms with Gasteiger partial charge in [0.1, 0.15) is 0 Å². The largest absolute Gasteiger partial charge is 0.418 e. The van der Waals surface area contributed by atoms with E-state index >= 15 is 0 Å². The average molecular weight is 271 g/mol. The molecular formula is C14H16F3NO. The molecule has 0 radical (unpaired) electrons. The second-order valence-corrected chi connectivity index (χ2v) is 4.87. The maximum Gasteiger partial charge on any atom is 0.418 e. The molecule has 1 aromatic rings. The average Bonchev–Trinajstić information content (AvgIpc) is 2.52. The van der Waals surface area contributed by atoms with Crippen molar-refractivity contribution in [1.82, 2.24) is 0 Å². The molecule has 1 amide bonds. The van der Waals surface area contributed by atoms with Crippen LogP contribution in [-0.2, 0) is 23.8 Å². The molecule has 1 aromatic carbocycles. The topological polar surface area (TPSA) is 29.1 Å². The molecule has 0 bridgehead atoms. The van der Waals surface area contributed by atoms with Gasteiger partial charge in [-0.3, -0.25) is 4.79 Å². The third-order valence-electron chi connectivity index (χ3n) is 3.39. The molecule has 0 aliphatic heterocycles. The van der Waals surface area contributed by atoms with Crippen LogP contribution in [0.25, 0.3) is 0 Å². The highest BCUT2D eigenvalue weighted by Gasteiger charge is 2.35. The summed E-state index contributed by atoms with van der Waals surface area (Å²) in [5, 5.41) is 2.38. The zero-order chi connectivity index (χ0) is 14.0. The second kappa shape index (κ2) is 5.23. The van der Waals surface area contributed by atoms with Crippen molar-refractivity contribution in [1.29, 1.82) is 0 Å². The van der Waals surface area contributed by atoms with Crippen LogP contribution in [-0.4, -0.2) is 5.91 Å². The number of rotatable bonds is 1. The summed E-state index contributed by atoms with van der Waals surface area (Å²) in [6, 6.07) is 2.63. The number of aryl methyl sites for hydroxylation is 1. The van der Waals surface area contributed by atoms with Crippen LogP contribution >= 0.6 is 0 Å². The molecule has 2 rings (SSSR count). The fourth-order valence-electron chi connectivity index (χ4n) is 2.56. The van der Waals surface area contributed by atoms with E-state index in [0.29, 0.717) is 12.0 Å². The number of carbonyl (C=O) groups is 1. The summed E-state index contributed by atoms with van der Waals surface area (Å²) in [4.78, 5) is 11.2. The summed E-state index contributed by atoms with van der Waals surface area (Å²) >= 11 is 0. The summed E-state index contributed by atoms with van der Waals surface area (Å²) in [5.41, 5.74) is 0.791. The first-order valence-corrected chi connectivity index (χ1v) is 6.39. The Labute approximate surface area is 110 Å². The quantitative estimate of drug-likeness (QED) is 0.770. The monoisotopic (exact) mass is 271 g/mol. The highest BCUT2D eigenvalue weighted by Crippen LogP contribution is 2.39. The molecule has 104 valence electrons. The Morgan fingerprint density at radius 1 is 1.16 bits per heavy atom. The molecular weight excluding hydrogens is 255 g/mol. The van der Waals surface area contributed by atoms with Crippen molar-refractivity contribution in [2.45, 2.75) is 45.2 Å². The van der Waals surface area contributed by atoms with Crippen LogP contribution in [0.3, 0.4) is 0 Å². The number of carbonyl (C=O) groups excluding carboxylic acids is 1. The van der Waals surface area contributed by atoms with Gasteiger partial charge in [0.05, 0.1) is 11.3 Å². The highest BCUT2D eigenvalue weighted by atomic mass is 19.4. The maximum absolute atomic E-state index is 13.0. The number of nitrogens with one attached hydrogen (secondary N) is 1. The zero-order valence-electron chi connectivity index (χ0n) is 10.7. The van der Waals surface area contributed by atoms with Gasteiger partial charge in [0.2, 0.25) is 5.91 Å². The Morgan fingerprint density at radius 3 is 2.47 bits per heavy atom. The first kappa shape index (κ1) is 13.9. The lowest BCUT2D eigenvalue weighted by molar-refractivity contribution is -0.137. The van der Waals surface area contributed by atoms with Gasteiger partial charge in [-0.05, 0) is 42.9 Å². The number of hydrogen-bond donors (Lipinski definition) is 1. The molecule has 0 spiro atoms. The summed E-state index contributed by atoms with van der Waals surface area (Å²) in [6.45, 7) is 1.23.